The lowest BCUT2D eigenvalue weighted by molar-refractivity contribution is -0.215. The highest BCUT2D eigenvalue weighted by atomic mass is 16.6. The molecule has 1 unspecified atom stereocenters. The Hall–Kier alpha value is -1.44. The number of aliphatic hydroxyl groups is 3. The largest absolute Gasteiger partial charge is 0.458 e. The topological polar surface area (TPSA) is 113 Å². The lowest BCUT2D eigenvalue weighted by Gasteiger charge is -2.49. The van der Waals surface area contributed by atoms with E-state index >= 15 is 0 Å². The van der Waals surface area contributed by atoms with Gasteiger partial charge in [0.1, 0.15) is 6.10 Å². The first-order chi connectivity index (χ1) is 14.5. The number of hydrogen-bond acceptors (Lipinski definition) is 7. The zero-order valence-electron chi connectivity index (χ0n) is 19.4. The third kappa shape index (κ3) is 3.72. The second-order valence-electron chi connectivity index (χ2n) is 10.2. The van der Waals surface area contributed by atoms with Crippen LogP contribution in [0.2, 0.25) is 0 Å². The summed E-state index contributed by atoms with van der Waals surface area (Å²) in [4.78, 5) is 25.2. The fraction of sp³-hybridized carbons (Fsp3) is 0.833. The monoisotopic (exact) mass is 438 g/mol. The number of hydrogen-bond donors (Lipinski definition) is 3. The summed E-state index contributed by atoms with van der Waals surface area (Å²) < 4.78 is 12.1. The van der Waals surface area contributed by atoms with Crippen molar-refractivity contribution in [2.45, 2.75) is 96.6 Å². The average Bonchev–Trinajstić information content (AvgIpc) is 3.20. The van der Waals surface area contributed by atoms with Crippen molar-refractivity contribution >= 4 is 11.9 Å². The van der Waals surface area contributed by atoms with E-state index in [0.29, 0.717) is 18.4 Å². The molecule has 176 valence electrons. The summed E-state index contributed by atoms with van der Waals surface area (Å²) in [5.74, 6) is -2.03. The predicted octanol–water partition coefficient (Wildman–Crippen LogP) is 2.51. The Morgan fingerprint density at radius 3 is 2.35 bits per heavy atom. The van der Waals surface area contributed by atoms with Gasteiger partial charge in [-0.3, -0.25) is 9.59 Å². The van der Waals surface area contributed by atoms with Crippen molar-refractivity contribution in [3.8, 4) is 0 Å². The maximum atomic E-state index is 12.7. The third-order valence-electron chi connectivity index (χ3n) is 7.89. The lowest BCUT2D eigenvalue weighted by atomic mass is 9.64. The van der Waals surface area contributed by atoms with E-state index < -0.39 is 40.7 Å². The van der Waals surface area contributed by atoms with Crippen LogP contribution in [0.15, 0.2) is 11.6 Å². The third-order valence-corrected chi connectivity index (χ3v) is 7.89. The molecular weight excluding hydrogens is 400 g/mol. The molecule has 2 saturated carbocycles. The Morgan fingerprint density at radius 1 is 1.16 bits per heavy atom. The number of fused-ring (bicyclic) bond motifs is 3. The highest BCUT2D eigenvalue weighted by molar-refractivity contribution is 5.72. The number of esters is 2. The molecule has 0 aromatic rings. The molecule has 0 aromatic carbocycles. The van der Waals surface area contributed by atoms with Crippen LogP contribution in [0, 0.1) is 23.2 Å². The maximum absolute atomic E-state index is 12.7. The summed E-state index contributed by atoms with van der Waals surface area (Å²) in [7, 11) is 0. The minimum absolute atomic E-state index is 0.103. The second kappa shape index (κ2) is 8.49. The zero-order valence-corrected chi connectivity index (χ0v) is 19.4. The van der Waals surface area contributed by atoms with Gasteiger partial charge in [-0.2, -0.15) is 0 Å². The molecule has 31 heavy (non-hydrogen) atoms. The van der Waals surface area contributed by atoms with Gasteiger partial charge in [0, 0.05) is 42.4 Å². The molecule has 7 nitrogen and oxygen atoms in total. The standard InChI is InChI=1S/C24H38O7/c1-6-8-18(27)30-21-14(3)23(29)12-16(26)10-15(13-25)11-17(23)20-22(4,5)24(20,21)31-19(28)9-7-2/h11,14,16-17,20-21,25-26,29H,6-10,12-13H2,1-5H3/t14-,16+,17+,20?,21-,23-,24-/m1/s1. The minimum atomic E-state index is -1.35. The van der Waals surface area contributed by atoms with Crippen LogP contribution in [0.3, 0.4) is 0 Å². The van der Waals surface area contributed by atoms with E-state index in [2.05, 4.69) is 0 Å². The predicted molar refractivity (Wildman–Crippen MR) is 114 cm³/mol. The van der Waals surface area contributed by atoms with Gasteiger partial charge >= 0.3 is 11.9 Å². The number of carbonyl (C=O) groups is 2. The van der Waals surface area contributed by atoms with Gasteiger partial charge < -0.3 is 24.8 Å². The molecule has 0 aromatic heterocycles. The second-order valence-corrected chi connectivity index (χ2v) is 10.2. The van der Waals surface area contributed by atoms with Crippen molar-refractivity contribution in [1.29, 1.82) is 0 Å². The first-order valence-corrected chi connectivity index (χ1v) is 11.6. The minimum Gasteiger partial charge on any atom is -0.458 e. The van der Waals surface area contributed by atoms with Gasteiger partial charge in [-0.1, -0.05) is 40.7 Å². The number of carbonyl (C=O) groups excluding carboxylic acids is 2. The van der Waals surface area contributed by atoms with Crippen LogP contribution in [-0.4, -0.2) is 57.3 Å². The summed E-state index contributed by atoms with van der Waals surface area (Å²) >= 11 is 0. The molecule has 0 spiro atoms. The Morgan fingerprint density at radius 2 is 1.77 bits per heavy atom. The summed E-state index contributed by atoms with van der Waals surface area (Å²) in [6.45, 7) is 9.34. The van der Waals surface area contributed by atoms with Gasteiger partial charge in [0.05, 0.1) is 18.3 Å². The molecule has 0 bridgehead atoms. The number of aliphatic hydroxyl groups excluding tert-OH is 2. The fourth-order valence-corrected chi connectivity index (χ4v) is 6.33. The fourth-order valence-electron chi connectivity index (χ4n) is 6.33. The Kier molecular flexibility index (Phi) is 6.63. The first kappa shape index (κ1) is 24.2. The summed E-state index contributed by atoms with van der Waals surface area (Å²) in [5.41, 5.74) is -2.29. The summed E-state index contributed by atoms with van der Waals surface area (Å²) in [6.07, 6.45) is 2.38. The van der Waals surface area contributed by atoms with E-state index in [9.17, 15) is 24.9 Å². The van der Waals surface area contributed by atoms with Crippen LogP contribution < -0.4 is 0 Å². The van der Waals surface area contributed by atoms with Gasteiger partial charge in [-0.05, 0) is 24.8 Å². The van der Waals surface area contributed by atoms with Gasteiger partial charge in [-0.15, -0.1) is 0 Å². The van der Waals surface area contributed by atoms with E-state index in [1.807, 2.05) is 33.8 Å². The Balaban J connectivity index is 2.11. The first-order valence-electron chi connectivity index (χ1n) is 11.6. The Bertz CT molecular complexity index is 744. The van der Waals surface area contributed by atoms with Crippen molar-refractivity contribution in [1.82, 2.24) is 0 Å². The van der Waals surface area contributed by atoms with E-state index in [4.69, 9.17) is 9.47 Å². The molecule has 3 aliphatic carbocycles. The van der Waals surface area contributed by atoms with Gasteiger partial charge in [0.25, 0.3) is 0 Å². The van der Waals surface area contributed by atoms with Crippen molar-refractivity contribution < 1.29 is 34.4 Å². The Labute approximate surface area is 184 Å². The zero-order chi connectivity index (χ0) is 23.2. The van der Waals surface area contributed by atoms with Gasteiger partial charge in [0.15, 0.2) is 5.60 Å². The smallest absolute Gasteiger partial charge is 0.306 e. The molecule has 0 aliphatic heterocycles. The van der Waals surface area contributed by atoms with E-state index in [1.165, 1.54) is 0 Å². The molecule has 0 radical (unpaired) electrons. The van der Waals surface area contributed by atoms with Crippen LogP contribution in [0.5, 0.6) is 0 Å². The van der Waals surface area contributed by atoms with Crippen molar-refractivity contribution in [3.63, 3.8) is 0 Å². The van der Waals surface area contributed by atoms with E-state index in [1.54, 1.807) is 6.92 Å². The van der Waals surface area contributed by atoms with Crippen LogP contribution >= 0.6 is 0 Å². The van der Waals surface area contributed by atoms with Crippen molar-refractivity contribution in [3.05, 3.63) is 11.6 Å². The highest BCUT2D eigenvalue weighted by Crippen LogP contribution is 2.76. The molecule has 0 saturated heterocycles. The van der Waals surface area contributed by atoms with Crippen LogP contribution in [0.1, 0.15) is 73.1 Å². The number of ether oxygens (including phenoxy) is 2. The van der Waals surface area contributed by atoms with Gasteiger partial charge in [-0.25, -0.2) is 0 Å². The van der Waals surface area contributed by atoms with Crippen molar-refractivity contribution in [2.75, 3.05) is 6.61 Å². The highest BCUT2D eigenvalue weighted by Gasteiger charge is 2.86. The van der Waals surface area contributed by atoms with Crippen LogP contribution in [0.4, 0.5) is 0 Å². The SMILES string of the molecule is CCCC(=O)O[C@@H]1[C@@H](C)[C@]2(O)C[C@@H](O)CC(CO)=C[C@H]2C2C(C)(C)[C@@]21OC(=O)CCC. The summed E-state index contributed by atoms with van der Waals surface area (Å²) in [5, 5.41) is 32.3. The van der Waals surface area contributed by atoms with Crippen LogP contribution in [0.25, 0.3) is 0 Å². The molecular formula is C24H38O7. The average molecular weight is 439 g/mol. The quantitative estimate of drug-likeness (QED) is 0.413. The molecule has 3 N–H and O–H groups in total. The molecule has 0 amide bonds. The molecule has 7 heteroatoms. The molecule has 3 rings (SSSR count). The normalized spacial score (nSPS) is 40.6. The van der Waals surface area contributed by atoms with E-state index in [-0.39, 0.29) is 50.1 Å². The molecule has 3 aliphatic rings. The lowest BCUT2D eigenvalue weighted by Crippen LogP contribution is -2.61. The molecule has 7 atom stereocenters. The summed E-state index contributed by atoms with van der Waals surface area (Å²) in [6, 6.07) is 0. The number of rotatable bonds is 7. The van der Waals surface area contributed by atoms with Gasteiger partial charge in [0.2, 0.25) is 0 Å². The van der Waals surface area contributed by atoms with E-state index in [0.717, 1.165) is 0 Å². The van der Waals surface area contributed by atoms with Crippen molar-refractivity contribution in [2.24, 2.45) is 23.2 Å². The maximum Gasteiger partial charge on any atom is 0.306 e. The molecule has 0 heterocycles. The van der Waals surface area contributed by atoms with Crippen LogP contribution in [-0.2, 0) is 19.1 Å². The molecule has 2 fully saturated rings.